The van der Waals surface area contributed by atoms with E-state index in [1.54, 1.807) is 29.1 Å². The first-order valence-corrected chi connectivity index (χ1v) is 8.50. The Morgan fingerprint density at radius 2 is 2.17 bits per heavy atom. The van der Waals surface area contributed by atoms with Crippen LogP contribution in [-0.2, 0) is 4.79 Å². The maximum absolute atomic E-state index is 12.1. The summed E-state index contributed by atoms with van der Waals surface area (Å²) in [7, 11) is 0. The van der Waals surface area contributed by atoms with E-state index in [0.29, 0.717) is 15.9 Å². The first-order valence-electron chi connectivity index (χ1n) is 7.13. The van der Waals surface area contributed by atoms with Gasteiger partial charge in [-0.3, -0.25) is 4.79 Å². The number of furan rings is 1. The molecule has 0 unspecified atom stereocenters. The quantitative estimate of drug-likeness (QED) is 0.678. The molecule has 0 spiro atoms. The number of carbonyl (C=O) groups is 1. The van der Waals surface area contributed by atoms with Crippen molar-refractivity contribution >= 4 is 29.3 Å². The molecule has 9 heteroatoms. The van der Waals surface area contributed by atoms with Crippen molar-refractivity contribution in [2.24, 2.45) is 0 Å². The molecule has 124 valence electrons. The van der Waals surface area contributed by atoms with E-state index in [2.05, 4.69) is 20.8 Å². The number of benzene rings is 1. The highest BCUT2D eigenvalue weighted by atomic mass is 35.5. The van der Waals surface area contributed by atoms with Gasteiger partial charge < -0.3 is 9.73 Å². The number of nitrogens with one attached hydrogen (secondary N) is 1. The second-order valence-corrected chi connectivity index (χ2v) is 6.32. The molecule has 0 fully saturated rings. The first kappa shape index (κ1) is 16.5. The molecule has 0 aliphatic heterocycles. The van der Waals surface area contributed by atoms with E-state index in [1.165, 1.54) is 11.8 Å². The summed E-state index contributed by atoms with van der Waals surface area (Å²) < 4.78 is 6.82. The van der Waals surface area contributed by atoms with Crippen LogP contribution in [0.4, 0.5) is 0 Å². The Kier molecular flexibility index (Phi) is 5.17. The highest BCUT2D eigenvalue weighted by Gasteiger charge is 2.15. The Morgan fingerprint density at radius 1 is 1.38 bits per heavy atom. The number of aromatic nitrogens is 4. The summed E-state index contributed by atoms with van der Waals surface area (Å²) in [6, 6.07) is 10.5. The van der Waals surface area contributed by atoms with E-state index in [1.807, 2.05) is 25.1 Å². The minimum atomic E-state index is -0.194. The number of hydrogen-bond donors (Lipinski definition) is 1. The Hall–Kier alpha value is -2.32. The molecular weight excluding hydrogens is 350 g/mol. The molecule has 1 amide bonds. The summed E-state index contributed by atoms with van der Waals surface area (Å²) in [6.07, 6.45) is 1.58. The summed E-state index contributed by atoms with van der Waals surface area (Å²) in [5.41, 5.74) is 0.774. The van der Waals surface area contributed by atoms with Crippen LogP contribution in [0.25, 0.3) is 5.69 Å². The van der Waals surface area contributed by atoms with Crippen LogP contribution in [-0.4, -0.2) is 31.9 Å². The van der Waals surface area contributed by atoms with Crippen molar-refractivity contribution in [3.8, 4) is 5.69 Å². The number of thioether (sulfide) groups is 1. The van der Waals surface area contributed by atoms with Crippen molar-refractivity contribution in [3.63, 3.8) is 0 Å². The van der Waals surface area contributed by atoms with Crippen LogP contribution < -0.4 is 5.32 Å². The Morgan fingerprint density at radius 3 is 2.88 bits per heavy atom. The van der Waals surface area contributed by atoms with Crippen molar-refractivity contribution in [2.75, 3.05) is 5.75 Å². The third kappa shape index (κ3) is 3.95. The number of halogens is 1. The van der Waals surface area contributed by atoms with Gasteiger partial charge in [0.05, 0.1) is 23.7 Å². The lowest BCUT2D eigenvalue weighted by Gasteiger charge is -2.11. The lowest BCUT2D eigenvalue weighted by atomic mass is 10.2. The molecule has 3 rings (SSSR count). The van der Waals surface area contributed by atoms with Crippen LogP contribution in [0.5, 0.6) is 0 Å². The van der Waals surface area contributed by atoms with E-state index in [9.17, 15) is 4.79 Å². The molecule has 0 radical (unpaired) electrons. The Balaban J connectivity index is 1.60. The van der Waals surface area contributed by atoms with Crippen molar-refractivity contribution < 1.29 is 9.21 Å². The zero-order valence-corrected chi connectivity index (χ0v) is 14.3. The minimum absolute atomic E-state index is 0.130. The van der Waals surface area contributed by atoms with Crippen LogP contribution in [0.15, 0.2) is 52.2 Å². The predicted octanol–water partition coefficient (Wildman–Crippen LogP) is 2.88. The molecule has 0 bridgehead atoms. The Labute approximate surface area is 147 Å². The fourth-order valence-corrected chi connectivity index (χ4v) is 2.86. The number of hydrogen-bond acceptors (Lipinski definition) is 6. The Bertz CT molecular complexity index is 804. The van der Waals surface area contributed by atoms with E-state index < -0.39 is 0 Å². The molecule has 2 heterocycles. The maximum atomic E-state index is 12.1. The average Bonchev–Trinajstić information content (AvgIpc) is 3.25. The third-order valence-corrected chi connectivity index (χ3v) is 4.36. The molecule has 1 aromatic carbocycles. The SMILES string of the molecule is C[C@@H](NC(=O)CSc1nnnn1-c1ccc(Cl)cc1)c1ccco1. The van der Waals surface area contributed by atoms with Gasteiger partial charge in [0, 0.05) is 5.02 Å². The minimum Gasteiger partial charge on any atom is -0.467 e. The monoisotopic (exact) mass is 363 g/mol. The van der Waals surface area contributed by atoms with Gasteiger partial charge in [-0.25, -0.2) is 0 Å². The number of tetrazole rings is 1. The summed E-state index contributed by atoms with van der Waals surface area (Å²) in [6.45, 7) is 1.86. The third-order valence-electron chi connectivity index (χ3n) is 3.19. The zero-order chi connectivity index (χ0) is 16.9. The van der Waals surface area contributed by atoms with E-state index in [-0.39, 0.29) is 17.7 Å². The highest BCUT2D eigenvalue weighted by molar-refractivity contribution is 7.99. The molecular formula is C15H14ClN5O2S. The molecule has 0 saturated carbocycles. The fraction of sp³-hybridized carbons (Fsp3) is 0.200. The number of rotatable bonds is 6. The van der Waals surface area contributed by atoms with Crippen molar-refractivity contribution in [1.82, 2.24) is 25.5 Å². The van der Waals surface area contributed by atoms with Gasteiger partial charge in [-0.2, -0.15) is 4.68 Å². The van der Waals surface area contributed by atoms with Gasteiger partial charge in [0.2, 0.25) is 11.1 Å². The van der Waals surface area contributed by atoms with Gasteiger partial charge >= 0.3 is 0 Å². The topological polar surface area (TPSA) is 85.8 Å². The fourth-order valence-electron chi connectivity index (χ4n) is 2.04. The molecule has 24 heavy (non-hydrogen) atoms. The van der Waals surface area contributed by atoms with Crippen molar-refractivity contribution in [3.05, 3.63) is 53.4 Å². The lowest BCUT2D eigenvalue weighted by Crippen LogP contribution is -2.28. The molecule has 0 aliphatic carbocycles. The first-order chi connectivity index (χ1) is 11.6. The van der Waals surface area contributed by atoms with Crippen LogP contribution in [0.1, 0.15) is 18.7 Å². The van der Waals surface area contributed by atoms with Gasteiger partial charge in [0.1, 0.15) is 5.76 Å². The van der Waals surface area contributed by atoms with Crippen LogP contribution >= 0.6 is 23.4 Å². The van der Waals surface area contributed by atoms with Crippen molar-refractivity contribution in [1.29, 1.82) is 0 Å². The van der Waals surface area contributed by atoms with E-state index in [4.69, 9.17) is 16.0 Å². The second-order valence-electron chi connectivity index (χ2n) is 4.94. The summed E-state index contributed by atoms with van der Waals surface area (Å²) in [4.78, 5) is 12.1. The van der Waals surface area contributed by atoms with Crippen LogP contribution in [0, 0.1) is 0 Å². The van der Waals surface area contributed by atoms with Gasteiger partial charge in [-0.1, -0.05) is 23.4 Å². The predicted molar refractivity (Wildman–Crippen MR) is 90.2 cm³/mol. The maximum Gasteiger partial charge on any atom is 0.231 e. The highest BCUT2D eigenvalue weighted by Crippen LogP contribution is 2.20. The molecule has 7 nitrogen and oxygen atoms in total. The smallest absolute Gasteiger partial charge is 0.231 e. The summed E-state index contributed by atoms with van der Waals surface area (Å²) in [5.74, 6) is 0.771. The molecule has 0 saturated heterocycles. The van der Waals surface area contributed by atoms with Crippen LogP contribution in [0.2, 0.25) is 5.02 Å². The van der Waals surface area contributed by atoms with Crippen molar-refractivity contribution in [2.45, 2.75) is 18.1 Å². The lowest BCUT2D eigenvalue weighted by molar-refractivity contribution is -0.119. The summed E-state index contributed by atoms with van der Waals surface area (Å²) in [5, 5.41) is 15.6. The molecule has 1 atom stereocenters. The molecule has 1 N–H and O–H groups in total. The molecule has 2 aromatic heterocycles. The normalized spacial score (nSPS) is 12.1. The molecule has 3 aromatic rings. The number of amides is 1. The second kappa shape index (κ2) is 7.50. The zero-order valence-electron chi connectivity index (χ0n) is 12.7. The average molecular weight is 364 g/mol. The van der Waals surface area contributed by atoms with E-state index >= 15 is 0 Å². The van der Waals surface area contributed by atoms with Gasteiger partial charge in [0.25, 0.3) is 0 Å². The van der Waals surface area contributed by atoms with Gasteiger partial charge in [0.15, 0.2) is 0 Å². The van der Waals surface area contributed by atoms with E-state index in [0.717, 1.165) is 5.69 Å². The standard InChI is InChI=1S/C15H14ClN5O2S/c1-10(13-3-2-8-23-13)17-14(22)9-24-15-18-19-20-21(15)12-6-4-11(16)5-7-12/h2-8,10H,9H2,1H3,(H,17,22)/t10-/m1/s1. The van der Waals surface area contributed by atoms with Gasteiger partial charge in [-0.15, -0.1) is 5.10 Å². The molecule has 0 aliphatic rings. The largest absolute Gasteiger partial charge is 0.467 e. The number of nitrogens with zero attached hydrogens (tertiary/aromatic N) is 4. The van der Waals surface area contributed by atoms with Gasteiger partial charge in [-0.05, 0) is 53.7 Å². The summed E-state index contributed by atoms with van der Waals surface area (Å²) >= 11 is 7.13. The number of carbonyl (C=O) groups excluding carboxylic acids is 1. The van der Waals surface area contributed by atoms with Crippen LogP contribution in [0.3, 0.4) is 0 Å².